The predicted molar refractivity (Wildman–Crippen MR) is 80.4 cm³/mol. The third-order valence-corrected chi connectivity index (χ3v) is 2.86. The van der Waals surface area contributed by atoms with Crippen LogP contribution < -0.4 is 5.32 Å². The first-order valence-electron chi connectivity index (χ1n) is 6.55. The molecule has 1 N–H and O–H groups in total. The fourth-order valence-corrected chi connectivity index (χ4v) is 1.97. The largest absolute Gasteiger partial charge is 0.325 e. The molecule has 0 aliphatic heterocycles. The number of hydrogen-bond acceptors (Lipinski definition) is 4. The van der Waals surface area contributed by atoms with Crippen molar-refractivity contribution in [2.75, 3.05) is 18.9 Å². The van der Waals surface area contributed by atoms with E-state index < -0.39 is 0 Å². The minimum Gasteiger partial charge on any atom is -0.325 e. The molecule has 5 heteroatoms. The van der Waals surface area contributed by atoms with E-state index in [1.165, 1.54) is 0 Å². The van der Waals surface area contributed by atoms with Gasteiger partial charge in [0.25, 0.3) is 0 Å². The van der Waals surface area contributed by atoms with E-state index in [2.05, 4.69) is 10.3 Å². The van der Waals surface area contributed by atoms with Gasteiger partial charge in [0.05, 0.1) is 18.2 Å². The molecule has 0 aliphatic carbocycles. The van der Waals surface area contributed by atoms with Crippen LogP contribution in [0.2, 0.25) is 0 Å². The number of anilines is 1. The lowest BCUT2D eigenvalue weighted by Gasteiger charge is -2.16. The van der Waals surface area contributed by atoms with Gasteiger partial charge in [-0.1, -0.05) is 12.1 Å². The van der Waals surface area contributed by atoms with E-state index in [-0.39, 0.29) is 12.5 Å². The second-order valence-electron chi connectivity index (χ2n) is 4.77. The normalized spacial score (nSPS) is 10.1. The molecule has 0 saturated heterocycles. The second kappa shape index (κ2) is 7.17. The molecule has 0 unspecified atom stereocenters. The molecule has 21 heavy (non-hydrogen) atoms. The molecule has 106 valence electrons. The number of amides is 1. The Morgan fingerprint density at radius 3 is 2.95 bits per heavy atom. The van der Waals surface area contributed by atoms with Crippen LogP contribution in [0, 0.1) is 11.3 Å². The topological polar surface area (TPSA) is 69.0 Å². The average Bonchev–Trinajstić information content (AvgIpc) is 2.48. The maximum atomic E-state index is 12.0. The molecule has 0 saturated carbocycles. The molecule has 2 rings (SSSR count). The molecule has 0 radical (unpaired) electrons. The van der Waals surface area contributed by atoms with Crippen molar-refractivity contribution in [1.82, 2.24) is 9.88 Å². The first-order chi connectivity index (χ1) is 10.2. The van der Waals surface area contributed by atoms with Gasteiger partial charge in [0, 0.05) is 24.6 Å². The molecule has 0 spiro atoms. The quantitative estimate of drug-likeness (QED) is 0.909. The van der Waals surface area contributed by atoms with E-state index in [1.54, 1.807) is 36.7 Å². The highest BCUT2D eigenvalue weighted by atomic mass is 16.2. The summed E-state index contributed by atoms with van der Waals surface area (Å²) in [5.74, 6) is -0.114. The molecule has 0 fully saturated rings. The molecule has 1 heterocycles. The Hall–Kier alpha value is -2.71. The molecule has 1 aromatic carbocycles. The van der Waals surface area contributed by atoms with Crippen molar-refractivity contribution in [1.29, 1.82) is 5.26 Å². The molecule has 1 amide bonds. The van der Waals surface area contributed by atoms with Crippen molar-refractivity contribution in [3.05, 3.63) is 59.9 Å². The molecule has 2 aromatic rings. The Bertz CT molecular complexity index is 649. The summed E-state index contributed by atoms with van der Waals surface area (Å²) in [6.07, 6.45) is 3.50. The van der Waals surface area contributed by atoms with Crippen molar-refractivity contribution in [2.45, 2.75) is 6.54 Å². The lowest BCUT2D eigenvalue weighted by atomic mass is 10.2. The van der Waals surface area contributed by atoms with Gasteiger partial charge in [0.15, 0.2) is 0 Å². The van der Waals surface area contributed by atoms with Crippen LogP contribution in [0.4, 0.5) is 5.69 Å². The number of aromatic nitrogens is 1. The summed E-state index contributed by atoms with van der Waals surface area (Å²) in [6.45, 7) is 0.922. The van der Waals surface area contributed by atoms with E-state index in [4.69, 9.17) is 5.26 Å². The van der Waals surface area contributed by atoms with Gasteiger partial charge in [-0.2, -0.15) is 5.26 Å². The van der Waals surface area contributed by atoms with Crippen LogP contribution in [-0.2, 0) is 11.3 Å². The minimum absolute atomic E-state index is 0.114. The minimum atomic E-state index is -0.114. The average molecular weight is 280 g/mol. The zero-order valence-electron chi connectivity index (χ0n) is 11.8. The highest BCUT2D eigenvalue weighted by Crippen LogP contribution is 2.09. The number of hydrogen-bond donors (Lipinski definition) is 1. The molecule has 0 aliphatic rings. The maximum Gasteiger partial charge on any atom is 0.238 e. The Labute approximate surface area is 123 Å². The van der Waals surface area contributed by atoms with Crippen LogP contribution in [-0.4, -0.2) is 29.4 Å². The lowest BCUT2D eigenvalue weighted by Crippen LogP contribution is -2.29. The van der Waals surface area contributed by atoms with Gasteiger partial charge in [-0.15, -0.1) is 0 Å². The first kappa shape index (κ1) is 14.7. The van der Waals surface area contributed by atoms with E-state index >= 15 is 0 Å². The van der Waals surface area contributed by atoms with Crippen molar-refractivity contribution < 1.29 is 4.79 Å². The molecule has 0 bridgehead atoms. The van der Waals surface area contributed by atoms with Gasteiger partial charge in [0.1, 0.15) is 0 Å². The highest BCUT2D eigenvalue weighted by Gasteiger charge is 2.08. The number of carbonyl (C=O) groups is 1. The van der Waals surface area contributed by atoms with E-state index in [9.17, 15) is 4.79 Å². The standard InChI is InChI=1S/C16H16N4O/c1-20(11-14-5-3-7-18-10-14)12-16(21)19-15-6-2-4-13(8-15)9-17/h2-8,10H,11-12H2,1H3,(H,19,21). The summed E-state index contributed by atoms with van der Waals surface area (Å²) in [7, 11) is 1.87. The van der Waals surface area contributed by atoms with Gasteiger partial charge < -0.3 is 5.32 Å². The third kappa shape index (κ3) is 4.71. The molecular weight excluding hydrogens is 264 g/mol. The van der Waals surface area contributed by atoms with E-state index in [0.29, 0.717) is 17.8 Å². The third-order valence-electron chi connectivity index (χ3n) is 2.86. The number of nitrogens with one attached hydrogen (secondary N) is 1. The summed E-state index contributed by atoms with van der Waals surface area (Å²) in [6, 6.07) is 12.7. The van der Waals surface area contributed by atoms with Gasteiger partial charge in [-0.05, 0) is 36.9 Å². The van der Waals surface area contributed by atoms with Crippen LogP contribution >= 0.6 is 0 Å². The number of benzene rings is 1. The number of rotatable bonds is 5. The Balaban J connectivity index is 1.88. The lowest BCUT2D eigenvalue weighted by molar-refractivity contribution is -0.117. The van der Waals surface area contributed by atoms with Crippen LogP contribution in [0.3, 0.4) is 0 Å². The molecule has 5 nitrogen and oxygen atoms in total. The SMILES string of the molecule is CN(CC(=O)Nc1cccc(C#N)c1)Cc1cccnc1. The summed E-state index contributed by atoms with van der Waals surface area (Å²) in [5.41, 5.74) is 2.21. The number of likely N-dealkylation sites (N-methyl/N-ethyl adjacent to an activating group) is 1. The Morgan fingerprint density at radius 1 is 1.38 bits per heavy atom. The molecule has 1 aromatic heterocycles. The van der Waals surface area contributed by atoms with E-state index in [1.807, 2.05) is 30.1 Å². The number of carbonyl (C=O) groups excluding carboxylic acids is 1. The van der Waals surface area contributed by atoms with Crippen molar-refractivity contribution in [3.8, 4) is 6.07 Å². The van der Waals surface area contributed by atoms with Gasteiger partial charge in [0.2, 0.25) is 5.91 Å². The Morgan fingerprint density at radius 2 is 2.24 bits per heavy atom. The van der Waals surface area contributed by atoms with Crippen LogP contribution in [0.1, 0.15) is 11.1 Å². The van der Waals surface area contributed by atoms with Crippen LogP contribution in [0.25, 0.3) is 0 Å². The summed E-state index contributed by atoms with van der Waals surface area (Å²) >= 11 is 0. The smallest absolute Gasteiger partial charge is 0.238 e. The summed E-state index contributed by atoms with van der Waals surface area (Å²) in [5, 5.41) is 11.6. The second-order valence-corrected chi connectivity index (χ2v) is 4.77. The fraction of sp³-hybridized carbons (Fsp3) is 0.188. The fourth-order valence-electron chi connectivity index (χ4n) is 1.97. The number of nitrogens with zero attached hydrogens (tertiary/aromatic N) is 3. The zero-order valence-corrected chi connectivity index (χ0v) is 11.8. The van der Waals surface area contributed by atoms with Gasteiger partial charge >= 0.3 is 0 Å². The van der Waals surface area contributed by atoms with E-state index in [0.717, 1.165) is 5.56 Å². The predicted octanol–water partition coefficient (Wildman–Crippen LogP) is 2.02. The molecule has 0 atom stereocenters. The van der Waals surface area contributed by atoms with Crippen molar-refractivity contribution >= 4 is 11.6 Å². The first-order valence-corrected chi connectivity index (χ1v) is 6.55. The maximum absolute atomic E-state index is 12.0. The summed E-state index contributed by atoms with van der Waals surface area (Å²) < 4.78 is 0. The van der Waals surface area contributed by atoms with Gasteiger partial charge in [-0.25, -0.2) is 0 Å². The highest BCUT2D eigenvalue weighted by molar-refractivity contribution is 5.92. The number of pyridine rings is 1. The zero-order chi connectivity index (χ0) is 15.1. The van der Waals surface area contributed by atoms with Crippen LogP contribution in [0.5, 0.6) is 0 Å². The van der Waals surface area contributed by atoms with Crippen LogP contribution in [0.15, 0.2) is 48.8 Å². The van der Waals surface area contributed by atoms with Crippen molar-refractivity contribution in [2.24, 2.45) is 0 Å². The van der Waals surface area contributed by atoms with Crippen molar-refractivity contribution in [3.63, 3.8) is 0 Å². The number of nitriles is 1. The monoisotopic (exact) mass is 280 g/mol. The summed E-state index contributed by atoms with van der Waals surface area (Å²) in [4.78, 5) is 17.9. The molecular formula is C16H16N4O. The van der Waals surface area contributed by atoms with Gasteiger partial charge in [-0.3, -0.25) is 14.7 Å². The Kier molecular flexibility index (Phi) is 5.02.